The molecule has 2 unspecified atom stereocenters. The van der Waals surface area contributed by atoms with Crippen LogP contribution in [0.1, 0.15) is 37.0 Å². The minimum atomic E-state index is -4.25. The Morgan fingerprint density at radius 3 is 2.20 bits per heavy atom. The number of aryl methyl sites for hydroxylation is 1. The van der Waals surface area contributed by atoms with Crippen LogP contribution >= 0.6 is 0 Å². The maximum absolute atomic E-state index is 14.5. The van der Waals surface area contributed by atoms with E-state index < -0.39 is 34.3 Å². The average Bonchev–Trinajstić information content (AvgIpc) is 3.06. The molecule has 1 N–H and O–H groups in total. The van der Waals surface area contributed by atoms with Gasteiger partial charge in [-0.3, -0.25) is 13.9 Å². The number of carbonyl (C=O) groups excluding carboxylic acids is 2. The van der Waals surface area contributed by atoms with Gasteiger partial charge in [-0.05, 0) is 67.8 Å². The van der Waals surface area contributed by atoms with E-state index in [1.54, 1.807) is 48.5 Å². The predicted octanol–water partition coefficient (Wildman–Crippen LogP) is 5.89. The number of amides is 2. The molecule has 0 bridgehead atoms. The van der Waals surface area contributed by atoms with Crippen LogP contribution in [0.4, 0.5) is 10.1 Å². The summed E-state index contributed by atoms with van der Waals surface area (Å²) in [7, 11) is -2.78. The van der Waals surface area contributed by atoms with Crippen LogP contribution in [0.25, 0.3) is 0 Å². The third kappa shape index (κ3) is 8.72. The molecule has 4 rings (SSSR count). The van der Waals surface area contributed by atoms with Crippen molar-refractivity contribution in [2.45, 2.75) is 57.1 Å². The third-order valence-corrected chi connectivity index (χ3v) is 9.56. The Balaban J connectivity index is 1.82. The highest BCUT2D eigenvalue weighted by Gasteiger charge is 2.35. The van der Waals surface area contributed by atoms with Crippen molar-refractivity contribution < 1.29 is 27.1 Å². The number of hydrogen-bond acceptors (Lipinski definition) is 5. The number of nitrogens with one attached hydrogen (secondary N) is 1. The molecule has 0 heterocycles. The van der Waals surface area contributed by atoms with Crippen molar-refractivity contribution in [2.75, 3.05) is 18.0 Å². The number of nitrogens with zero attached hydrogens (tertiary/aromatic N) is 2. The fourth-order valence-corrected chi connectivity index (χ4v) is 6.32. The Morgan fingerprint density at radius 1 is 0.891 bits per heavy atom. The number of hydrogen-bond donors (Lipinski definition) is 1. The molecule has 0 fully saturated rings. The Morgan fingerprint density at radius 2 is 1.57 bits per heavy atom. The van der Waals surface area contributed by atoms with E-state index in [-0.39, 0.29) is 35.5 Å². The molecule has 242 valence electrons. The lowest BCUT2D eigenvalue weighted by Crippen LogP contribution is -2.54. The molecule has 0 saturated heterocycles. The van der Waals surface area contributed by atoms with Crippen molar-refractivity contribution in [3.63, 3.8) is 0 Å². The Bertz CT molecular complexity index is 1720. The molecule has 0 spiro atoms. The molecule has 46 heavy (non-hydrogen) atoms. The molecule has 4 aromatic carbocycles. The summed E-state index contributed by atoms with van der Waals surface area (Å²) in [6.45, 7) is 5.01. The number of ether oxygens (including phenoxy) is 1. The number of carbonyl (C=O) groups is 2. The summed E-state index contributed by atoms with van der Waals surface area (Å²) in [5.41, 5.74) is 2.50. The molecule has 0 saturated carbocycles. The summed E-state index contributed by atoms with van der Waals surface area (Å²) in [5.74, 6) is -1.01. The minimum absolute atomic E-state index is 0.00848. The van der Waals surface area contributed by atoms with Crippen molar-refractivity contribution in [1.29, 1.82) is 0 Å². The highest BCUT2D eigenvalue weighted by Crippen LogP contribution is 2.28. The van der Waals surface area contributed by atoms with Gasteiger partial charge < -0.3 is 15.0 Å². The largest absolute Gasteiger partial charge is 0.497 e. The molecule has 2 amide bonds. The Kier molecular flexibility index (Phi) is 11.5. The van der Waals surface area contributed by atoms with E-state index in [1.807, 2.05) is 51.1 Å². The molecular weight excluding hydrogens is 605 g/mol. The number of rotatable bonds is 14. The predicted molar refractivity (Wildman–Crippen MR) is 177 cm³/mol. The van der Waals surface area contributed by atoms with E-state index in [2.05, 4.69) is 5.32 Å². The van der Waals surface area contributed by atoms with Crippen LogP contribution in [-0.4, -0.2) is 50.9 Å². The molecule has 0 aliphatic rings. The zero-order chi connectivity index (χ0) is 33.3. The van der Waals surface area contributed by atoms with Gasteiger partial charge in [0, 0.05) is 25.1 Å². The number of sulfonamides is 1. The van der Waals surface area contributed by atoms with Gasteiger partial charge in [0.25, 0.3) is 10.0 Å². The van der Waals surface area contributed by atoms with Crippen molar-refractivity contribution in [3.8, 4) is 5.75 Å². The van der Waals surface area contributed by atoms with Gasteiger partial charge in [-0.1, -0.05) is 73.2 Å². The summed E-state index contributed by atoms with van der Waals surface area (Å²) in [5, 5.41) is 3.00. The van der Waals surface area contributed by atoms with E-state index in [4.69, 9.17) is 4.74 Å². The molecule has 0 aliphatic heterocycles. The summed E-state index contributed by atoms with van der Waals surface area (Å²) in [4.78, 5) is 29.8. The highest BCUT2D eigenvalue weighted by atomic mass is 32.2. The fourth-order valence-electron chi connectivity index (χ4n) is 4.91. The average molecular weight is 646 g/mol. The Hall–Kier alpha value is -4.70. The molecule has 0 aliphatic carbocycles. The van der Waals surface area contributed by atoms with E-state index in [1.165, 1.54) is 36.3 Å². The van der Waals surface area contributed by atoms with E-state index in [9.17, 15) is 22.4 Å². The maximum Gasteiger partial charge on any atom is 0.264 e. The lowest BCUT2D eigenvalue weighted by molar-refractivity contribution is -0.140. The fraction of sp³-hybridized carbons (Fsp3) is 0.278. The number of benzene rings is 4. The molecule has 8 nitrogen and oxygen atoms in total. The maximum atomic E-state index is 14.5. The second-order valence-electron chi connectivity index (χ2n) is 11.2. The second-order valence-corrected chi connectivity index (χ2v) is 13.1. The zero-order valence-electron chi connectivity index (χ0n) is 26.5. The van der Waals surface area contributed by atoms with Crippen LogP contribution < -0.4 is 14.4 Å². The molecular formula is C36H40FN3O5S. The standard InChI is InChI=1S/C36H40FN3O5S/c1-5-27(3)38-36(42)34(22-28-10-7-6-8-11-28)39(24-29-16-18-30(37)19-17-29)35(41)25-40(31-12-9-13-32(23-31)45-4)46(43,44)33-20-14-26(2)15-21-33/h6-21,23,27,34H,5,22,24-25H2,1-4H3,(H,38,42). The molecule has 10 heteroatoms. The first-order valence-corrected chi connectivity index (χ1v) is 16.6. The van der Waals surface area contributed by atoms with Gasteiger partial charge in [0.15, 0.2) is 0 Å². The van der Waals surface area contributed by atoms with Gasteiger partial charge >= 0.3 is 0 Å². The van der Waals surface area contributed by atoms with Gasteiger partial charge in [-0.25, -0.2) is 12.8 Å². The van der Waals surface area contributed by atoms with Gasteiger partial charge in [0.2, 0.25) is 11.8 Å². The van der Waals surface area contributed by atoms with Gasteiger partial charge in [0.1, 0.15) is 24.2 Å². The lowest BCUT2D eigenvalue weighted by Gasteiger charge is -2.34. The number of halogens is 1. The summed E-state index contributed by atoms with van der Waals surface area (Å²) in [6.07, 6.45) is 0.855. The highest BCUT2D eigenvalue weighted by molar-refractivity contribution is 7.92. The second kappa shape index (κ2) is 15.5. The first kappa shape index (κ1) is 34.2. The van der Waals surface area contributed by atoms with Crippen LogP contribution in [0.3, 0.4) is 0 Å². The molecule has 0 aromatic heterocycles. The first-order valence-electron chi connectivity index (χ1n) is 15.1. The quantitative estimate of drug-likeness (QED) is 0.185. The number of anilines is 1. The smallest absolute Gasteiger partial charge is 0.264 e. The normalized spacial score (nSPS) is 12.5. The van der Waals surface area contributed by atoms with E-state index in [0.717, 1.165) is 15.4 Å². The number of methoxy groups -OCH3 is 1. The van der Waals surface area contributed by atoms with Gasteiger partial charge in [-0.15, -0.1) is 0 Å². The van der Waals surface area contributed by atoms with Crippen LogP contribution in [-0.2, 0) is 32.6 Å². The summed E-state index contributed by atoms with van der Waals surface area (Å²) < 4.78 is 48.6. The van der Waals surface area contributed by atoms with E-state index in [0.29, 0.717) is 17.7 Å². The van der Waals surface area contributed by atoms with Crippen molar-refractivity contribution in [1.82, 2.24) is 10.2 Å². The molecule has 4 aromatic rings. The van der Waals surface area contributed by atoms with Crippen molar-refractivity contribution in [2.24, 2.45) is 0 Å². The van der Waals surface area contributed by atoms with Gasteiger partial charge in [0.05, 0.1) is 17.7 Å². The SMILES string of the molecule is CCC(C)NC(=O)C(Cc1ccccc1)N(Cc1ccc(F)cc1)C(=O)CN(c1cccc(OC)c1)S(=O)(=O)c1ccc(C)cc1. The monoisotopic (exact) mass is 645 g/mol. The molecule has 0 radical (unpaired) electrons. The molecule has 2 atom stereocenters. The summed E-state index contributed by atoms with van der Waals surface area (Å²) in [6, 6.07) is 26.6. The topological polar surface area (TPSA) is 96.0 Å². The van der Waals surface area contributed by atoms with Crippen molar-refractivity contribution in [3.05, 3.63) is 126 Å². The van der Waals surface area contributed by atoms with Crippen LogP contribution in [0.5, 0.6) is 5.75 Å². The first-order chi connectivity index (χ1) is 22.0. The van der Waals surface area contributed by atoms with Gasteiger partial charge in [-0.2, -0.15) is 0 Å². The minimum Gasteiger partial charge on any atom is -0.497 e. The zero-order valence-corrected chi connectivity index (χ0v) is 27.3. The van der Waals surface area contributed by atoms with Crippen LogP contribution in [0.2, 0.25) is 0 Å². The third-order valence-electron chi connectivity index (χ3n) is 7.77. The van der Waals surface area contributed by atoms with Crippen LogP contribution in [0, 0.1) is 12.7 Å². The van der Waals surface area contributed by atoms with Crippen molar-refractivity contribution >= 4 is 27.5 Å². The Labute approximate surface area is 270 Å². The van der Waals surface area contributed by atoms with Crippen LogP contribution in [0.15, 0.2) is 108 Å². The summed E-state index contributed by atoms with van der Waals surface area (Å²) >= 11 is 0. The van der Waals surface area contributed by atoms with E-state index >= 15 is 0 Å². The lowest BCUT2D eigenvalue weighted by atomic mass is 10.0.